The predicted octanol–water partition coefficient (Wildman–Crippen LogP) is 5.52. The van der Waals surface area contributed by atoms with Crippen LogP contribution in [0.1, 0.15) is 19.8 Å². The molecule has 0 heterocycles. The maximum Gasteiger partial charge on any atom is 0.306 e. The van der Waals surface area contributed by atoms with Gasteiger partial charge in [0.15, 0.2) is 5.75 Å². The van der Waals surface area contributed by atoms with Crippen LogP contribution in [-0.4, -0.2) is 25.7 Å². The van der Waals surface area contributed by atoms with E-state index in [0.29, 0.717) is 5.75 Å². The van der Waals surface area contributed by atoms with Crippen LogP contribution in [0, 0.1) is 0 Å². The molecule has 0 aliphatic heterocycles. The third kappa shape index (κ3) is 6.81. The van der Waals surface area contributed by atoms with Crippen molar-refractivity contribution in [3.63, 3.8) is 0 Å². The number of nitrogens with zero attached hydrogens (tertiary/aromatic N) is 1. The minimum Gasteiger partial charge on any atom is -0.382 e. The van der Waals surface area contributed by atoms with Crippen molar-refractivity contribution in [1.29, 1.82) is 0 Å². The summed E-state index contributed by atoms with van der Waals surface area (Å²) in [6.45, 7) is 3.08. The highest BCUT2D eigenvalue weighted by Crippen LogP contribution is 2.55. The summed E-state index contributed by atoms with van der Waals surface area (Å²) < 4.78 is 32.6. The molecule has 36 heavy (non-hydrogen) atoms. The molecule has 0 spiro atoms. The van der Waals surface area contributed by atoms with Crippen LogP contribution in [0.5, 0.6) is 5.75 Å². The van der Waals surface area contributed by atoms with E-state index in [9.17, 15) is 8.42 Å². The first kappa shape index (κ1) is 26.5. The third-order valence-electron chi connectivity index (χ3n) is 5.51. The summed E-state index contributed by atoms with van der Waals surface area (Å²) in [5.74, 6) is 0.396. The molecule has 1 unspecified atom stereocenters. The number of para-hydroxylation sites is 1. The van der Waals surface area contributed by atoms with E-state index >= 15 is 0 Å². The van der Waals surface area contributed by atoms with E-state index in [1.54, 1.807) is 6.07 Å². The Morgan fingerprint density at radius 3 is 1.58 bits per heavy atom. The van der Waals surface area contributed by atoms with E-state index in [4.69, 9.17) is 4.18 Å². The van der Waals surface area contributed by atoms with Gasteiger partial charge in [-0.05, 0) is 34.5 Å². The molecule has 1 atom stereocenters. The Labute approximate surface area is 217 Å². The Balaban J connectivity index is 1.96. The molecule has 0 radical (unpaired) electrons. The zero-order valence-corrected chi connectivity index (χ0v) is 23.2. The molecule has 0 aliphatic rings. The summed E-state index contributed by atoms with van der Waals surface area (Å²) in [5.41, 5.74) is 0. The lowest BCUT2D eigenvalue weighted by atomic mass is 10.3. The van der Waals surface area contributed by atoms with E-state index in [1.807, 2.05) is 36.4 Å². The van der Waals surface area contributed by atoms with E-state index in [0.717, 1.165) is 36.3 Å². The standard InChI is InChI=1S/C29H31NO3P2S/c1-3-4-24-30(34(25-16-8-5-9-17-25)26-18-10-6-11-19-26)35(27-20-12-7-13-21-27)29-23-15-14-22-28(29)33-36(2,31)32/h5-23H,3-4,24H2,1-2H3. The fourth-order valence-corrected chi connectivity index (χ4v) is 10.7. The maximum atomic E-state index is 12.2. The average molecular weight is 536 g/mol. The number of hydrogen-bond acceptors (Lipinski definition) is 4. The Morgan fingerprint density at radius 2 is 1.11 bits per heavy atom. The predicted molar refractivity (Wildman–Crippen MR) is 155 cm³/mol. The second kappa shape index (κ2) is 12.6. The van der Waals surface area contributed by atoms with Crippen molar-refractivity contribution < 1.29 is 12.6 Å². The number of hydrogen-bond donors (Lipinski definition) is 0. The van der Waals surface area contributed by atoms with Crippen LogP contribution < -0.4 is 25.4 Å². The highest BCUT2D eigenvalue weighted by molar-refractivity contribution is 7.86. The van der Waals surface area contributed by atoms with Gasteiger partial charge in [-0.3, -0.25) is 0 Å². The molecule has 0 fully saturated rings. The molecule has 0 N–H and O–H groups in total. The molecular formula is C29H31NO3P2S. The summed E-state index contributed by atoms with van der Waals surface area (Å²) in [5, 5.41) is 4.59. The summed E-state index contributed by atoms with van der Waals surface area (Å²) in [6.07, 6.45) is 3.19. The highest BCUT2D eigenvalue weighted by Gasteiger charge is 2.33. The molecule has 0 aliphatic carbocycles. The van der Waals surface area contributed by atoms with Crippen molar-refractivity contribution in [2.24, 2.45) is 0 Å². The molecule has 0 saturated heterocycles. The Kier molecular flexibility index (Phi) is 9.29. The first-order valence-corrected chi connectivity index (χ1v) is 16.4. The van der Waals surface area contributed by atoms with E-state index < -0.39 is 26.3 Å². The molecule has 4 rings (SSSR count). The zero-order valence-electron chi connectivity index (χ0n) is 20.6. The van der Waals surface area contributed by atoms with Crippen molar-refractivity contribution >= 4 is 47.5 Å². The van der Waals surface area contributed by atoms with Gasteiger partial charge in [0.25, 0.3) is 0 Å². The van der Waals surface area contributed by atoms with Gasteiger partial charge >= 0.3 is 10.1 Å². The molecule has 4 aromatic rings. The largest absolute Gasteiger partial charge is 0.382 e. The fourth-order valence-electron chi connectivity index (χ4n) is 3.97. The summed E-state index contributed by atoms with van der Waals surface area (Å²) >= 11 is 0. The summed E-state index contributed by atoms with van der Waals surface area (Å²) in [7, 11) is -5.70. The van der Waals surface area contributed by atoms with Crippen molar-refractivity contribution in [3.05, 3.63) is 115 Å². The Hall–Kier alpha value is -2.55. The first-order chi connectivity index (χ1) is 17.5. The van der Waals surface area contributed by atoms with Crippen molar-refractivity contribution in [2.75, 3.05) is 12.8 Å². The van der Waals surface area contributed by atoms with Crippen molar-refractivity contribution in [1.82, 2.24) is 4.44 Å². The van der Waals surface area contributed by atoms with Crippen molar-refractivity contribution in [2.45, 2.75) is 19.8 Å². The second-order valence-corrected chi connectivity index (χ2v) is 14.5. The average Bonchev–Trinajstić information content (AvgIpc) is 2.89. The number of benzene rings is 4. The van der Waals surface area contributed by atoms with Gasteiger partial charge in [-0.15, -0.1) is 0 Å². The van der Waals surface area contributed by atoms with Crippen molar-refractivity contribution in [3.8, 4) is 5.75 Å². The number of rotatable bonds is 11. The highest BCUT2D eigenvalue weighted by atomic mass is 32.2. The molecule has 0 saturated carbocycles. The van der Waals surface area contributed by atoms with E-state index in [1.165, 1.54) is 10.6 Å². The summed E-state index contributed by atoms with van der Waals surface area (Å²) in [6, 6.07) is 39.3. The van der Waals surface area contributed by atoms with E-state index in [-0.39, 0.29) is 0 Å². The number of unbranched alkanes of at least 4 members (excludes halogenated alkanes) is 1. The lowest BCUT2D eigenvalue weighted by Gasteiger charge is -2.39. The summed E-state index contributed by atoms with van der Waals surface area (Å²) in [4.78, 5) is 0. The van der Waals surface area contributed by atoms with Crippen LogP contribution in [0.25, 0.3) is 0 Å². The van der Waals surface area contributed by atoms with Gasteiger partial charge in [-0.1, -0.05) is 116 Å². The van der Waals surface area contributed by atoms with E-state index in [2.05, 4.69) is 84.2 Å². The SMILES string of the molecule is CCCCN(P(c1ccccc1)c1ccccc1)P(c1ccccc1)c1ccccc1OS(C)(=O)=O. The van der Waals surface area contributed by atoms with Crippen LogP contribution in [0.3, 0.4) is 0 Å². The van der Waals surface area contributed by atoms with Crippen LogP contribution >= 0.6 is 16.1 Å². The van der Waals surface area contributed by atoms with Gasteiger partial charge in [-0.2, -0.15) is 8.42 Å². The molecular weight excluding hydrogens is 504 g/mol. The lowest BCUT2D eigenvalue weighted by molar-refractivity contribution is 0.495. The van der Waals surface area contributed by atoms with Crippen LogP contribution in [0.15, 0.2) is 115 Å². The second-order valence-electron chi connectivity index (χ2n) is 8.33. The van der Waals surface area contributed by atoms with Gasteiger partial charge in [0.2, 0.25) is 0 Å². The Bertz CT molecular complexity index is 1300. The van der Waals surface area contributed by atoms with Crippen LogP contribution in [-0.2, 0) is 10.1 Å². The van der Waals surface area contributed by atoms with Gasteiger partial charge < -0.3 is 4.18 Å². The third-order valence-corrected chi connectivity index (χ3v) is 11.6. The zero-order chi connectivity index (χ0) is 25.4. The minimum absolute atomic E-state index is 0.396. The normalized spacial score (nSPS) is 12.6. The Morgan fingerprint density at radius 1 is 0.667 bits per heavy atom. The van der Waals surface area contributed by atoms with Gasteiger partial charge in [0.1, 0.15) is 0 Å². The van der Waals surface area contributed by atoms with Gasteiger partial charge in [-0.25, -0.2) is 4.44 Å². The molecule has 0 amide bonds. The molecule has 0 bridgehead atoms. The molecule has 4 nitrogen and oxygen atoms in total. The molecule has 4 aromatic carbocycles. The molecule has 186 valence electrons. The minimum atomic E-state index is -3.69. The first-order valence-electron chi connectivity index (χ1n) is 12.0. The maximum absolute atomic E-state index is 12.2. The molecule has 0 aromatic heterocycles. The van der Waals surface area contributed by atoms with Crippen LogP contribution in [0.4, 0.5) is 0 Å². The monoisotopic (exact) mass is 535 g/mol. The fraction of sp³-hybridized carbons (Fsp3) is 0.172. The quantitative estimate of drug-likeness (QED) is 0.187. The van der Waals surface area contributed by atoms with Gasteiger partial charge in [0.05, 0.1) is 6.26 Å². The smallest absolute Gasteiger partial charge is 0.306 e. The lowest BCUT2D eigenvalue weighted by Crippen LogP contribution is -2.33. The van der Waals surface area contributed by atoms with Gasteiger partial charge in [0, 0.05) is 28.0 Å². The van der Waals surface area contributed by atoms with Crippen LogP contribution in [0.2, 0.25) is 0 Å². The molecule has 7 heteroatoms. The topological polar surface area (TPSA) is 46.6 Å².